The van der Waals surface area contributed by atoms with Gasteiger partial charge < -0.3 is 5.73 Å². The smallest absolute Gasteiger partial charge is 0.165 e. The number of ketones is 1. The predicted octanol–water partition coefficient (Wildman–Crippen LogP) is 0.669. The highest BCUT2D eigenvalue weighted by Crippen LogP contribution is 2.20. The lowest BCUT2D eigenvalue weighted by atomic mass is 10.1. The van der Waals surface area contributed by atoms with Crippen molar-refractivity contribution in [1.29, 1.82) is 0 Å². The largest absolute Gasteiger partial charge is 0.326 e. The molecule has 0 bridgehead atoms. The number of aromatic nitrogens is 1. The monoisotopic (exact) mass is 162 g/mol. The Hall–Kier alpha value is -1.22. The Kier molecular flexibility index (Phi) is 1.66. The Balaban J connectivity index is 2.50. The summed E-state index contributed by atoms with van der Waals surface area (Å²) < 4.78 is 0. The summed E-state index contributed by atoms with van der Waals surface area (Å²) in [7, 11) is 0. The van der Waals surface area contributed by atoms with Crippen LogP contribution >= 0.6 is 0 Å². The Morgan fingerprint density at radius 1 is 1.50 bits per heavy atom. The molecule has 1 aliphatic carbocycles. The minimum atomic E-state index is 0.202. The lowest BCUT2D eigenvalue weighted by Gasteiger charge is -1.99. The van der Waals surface area contributed by atoms with E-state index in [0.29, 0.717) is 13.0 Å². The third-order valence-corrected chi connectivity index (χ3v) is 2.15. The number of hydrogen-bond donors (Lipinski definition) is 1. The maximum atomic E-state index is 11.3. The van der Waals surface area contributed by atoms with Crippen molar-refractivity contribution in [3.63, 3.8) is 0 Å². The van der Waals surface area contributed by atoms with E-state index in [9.17, 15) is 4.79 Å². The zero-order chi connectivity index (χ0) is 8.55. The molecule has 0 unspecified atom stereocenters. The molecule has 0 atom stereocenters. The highest BCUT2D eigenvalue weighted by molar-refractivity contribution is 5.99. The van der Waals surface area contributed by atoms with Crippen molar-refractivity contribution in [1.82, 2.24) is 4.98 Å². The van der Waals surface area contributed by atoms with Crippen LogP contribution in [0.3, 0.4) is 0 Å². The van der Waals surface area contributed by atoms with E-state index in [1.165, 1.54) is 0 Å². The molecule has 0 spiro atoms. The van der Waals surface area contributed by atoms with E-state index in [-0.39, 0.29) is 5.78 Å². The topological polar surface area (TPSA) is 56.0 Å². The minimum Gasteiger partial charge on any atom is -0.326 e. The van der Waals surface area contributed by atoms with Gasteiger partial charge >= 0.3 is 0 Å². The van der Waals surface area contributed by atoms with Crippen LogP contribution < -0.4 is 5.73 Å². The van der Waals surface area contributed by atoms with Crippen LogP contribution in [0.15, 0.2) is 12.3 Å². The van der Waals surface area contributed by atoms with Crippen LogP contribution in [0.25, 0.3) is 0 Å². The van der Waals surface area contributed by atoms with E-state index >= 15 is 0 Å². The fourth-order valence-corrected chi connectivity index (χ4v) is 1.46. The fraction of sp³-hybridized carbons (Fsp3) is 0.333. The summed E-state index contributed by atoms with van der Waals surface area (Å²) in [4.78, 5) is 15.4. The van der Waals surface area contributed by atoms with Gasteiger partial charge in [0.1, 0.15) is 0 Å². The quantitative estimate of drug-likeness (QED) is 0.660. The number of carbonyl (C=O) groups excluding carboxylic acids is 1. The van der Waals surface area contributed by atoms with E-state index in [1.807, 2.05) is 6.07 Å². The van der Waals surface area contributed by atoms with Gasteiger partial charge in [-0.25, -0.2) is 0 Å². The van der Waals surface area contributed by atoms with Crippen molar-refractivity contribution in [2.24, 2.45) is 5.73 Å². The van der Waals surface area contributed by atoms with Gasteiger partial charge in [-0.3, -0.25) is 9.78 Å². The number of fused-ring (bicyclic) bond motifs is 1. The molecular weight excluding hydrogens is 152 g/mol. The molecule has 1 aromatic rings. The highest BCUT2D eigenvalue weighted by atomic mass is 16.1. The van der Waals surface area contributed by atoms with Crippen LogP contribution in [0.4, 0.5) is 0 Å². The van der Waals surface area contributed by atoms with Gasteiger partial charge in [0.05, 0.1) is 5.69 Å². The number of nitrogens with two attached hydrogens (primary N) is 1. The van der Waals surface area contributed by atoms with E-state index < -0.39 is 0 Å². The van der Waals surface area contributed by atoms with Crippen molar-refractivity contribution < 1.29 is 4.79 Å². The Morgan fingerprint density at radius 2 is 2.33 bits per heavy atom. The number of Topliss-reactive ketones (excluding diaryl/α,β-unsaturated/α-hetero) is 1. The normalized spacial score (nSPS) is 14.9. The van der Waals surface area contributed by atoms with Crippen LogP contribution in [0, 0.1) is 0 Å². The molecule has 1 aromatic heterocycles. The van der Waals surface area contributed by atoms with E-state index in [2.05, 4.69) is 4.98 Å². The number of nitrogens with zero attached hydrogens (tertiary/aromatic N) is 1. The minimum absolute atomic E-state index is 0.202. The van der Waals surface area contributed by atoms with Gasteiger partial charge in [0.15, 0.2) is 5.78 Å². The molecule has 0 saturated heterocycles. The lowest BCUT2D eigenvalue weighted by molar-refractivity contribution is 0.0994. The van der Waals surface area contributed by atoms with Crippen LogP contribution in [0.1, 0.15) is 28.0 Å². The van der Waals surface area contributed by atoms with Gasteiger partial charge in [0, 0.05) is 24.7 Å². The molecule has 62 valence electrons. The molecule has 3 nitrogen and oxygen atoms in total. The highest BCUT2D eigenvalue weighted by Gasteiger charge is 2.20. The van der Waals surface area contributed by atoms with Crippen LogP contribution in [-0.2, 0) is 13.0 Å². The standard InChI is InChI=1S/C9H10N2O/c10-4-6-3-7-8(11-5-6)1-2-9(7)12/h3,5H,1-2,4,10H2. The number of aryl methyl sites for hydroxylation is 1. The van der Waals surface area contributed by atoms with Crippen LogP contribution in [0.5, 0.6) is 0 Å². The summed E-state index contributed by atoms with van der Waals surface area (Å²) in [6.45, 7) is 0.452. The summed E-state index contributed by atoms with van der Waals surface area (Å²) in [5.41, 5.74) is 8.08. The average molecular weight is 162 g/mol. The van der Waals surface area contributed by atoms with Crippen molar-refractivity contribution in [3.05, 3.63) is 29.1 Å². The molecule has 0 fully saturated rings. The van der Waals surface area contributed by atoms with Crippen molar-refractivity contribution in [2.45, 2.75) is 19.4 Å². The van der Waals surface area contributed by atoms with Gasteiger partial charge in [-0.05, 0) is 18.1 Å². The average Bonchev–Trinajstić information content (AvgIpc) is 2.47. The van der Waals surface area contributed by atoms with Crippen molar-refractivity contribution in [2.75, 3.05) is 0 Å². The molecule has 12 heavy (non-hydrogen) atoms. The van der Waals surface area contributed by atoms with E-state index in [0.717, 1.165) is 23.2 Å². The lowest BCUT2D eigenvalue weighted by Crippen LogP contribution is -2.01. The number of rotatable bonds is 1. The molecule has 1 heterocycles. The number of carbonyl (C=O) groups is 1. The SMILES string of the molecule is NCc1cnc2c(c1)C(=O)CC2. The molecule has 0 aliphatic heterocycles. The molecule has 3 heteroatoms. The van der Waals surface area contributed by atoms with Gasteiger partial charge in [0.2, 0.25) is 0 Å². The first kappa shape index (κ1) is 7.43. The Labute approximate surface area is 70.6 Å². The number of pyridine rings is 1. The molecule has 0 saturated carbocycles. The molecule has 0 amide bonds. The van der Waals surface area contributed by atoms with E-state index in [1.54, 1.807) is 6.20 Å². The summed E-state index contributed by atoms with van der Waals surface area (Å²) in [5, 5.41) is 0. The summed E-state index contributed by atoms with van der Waals surface area (Å²) in [6.07, 6.45) is 3.15. The molecular formula is C9H10N2O. The van der Waals surface area contributed by atoms with Gasteiger partial charge in [-0.2, -0.15) is 0 Å². The molecule has 2 rings (SSSR count). The maximum Gasteiger partial charge on any atom is 0.165 e. The third-order valence-electron chi connectivity index (χ3n) is 2.15. The second kappa shape index (κ2) is 2.68. The van der Waals surface area contributed by atoms with Gasteiger partial charge in [-0.1, -0.05) is 0 Å². The number of hydrogen-bond acceptors (Lipinski definition) is 3. The Morgan fingerprint density at radius 3 is 3.08 bits per heavy atom. The summed E-state index contributed by atoms with van der Waals surface area (Å²) >= 11 is 0. The van der Waals surface area contributed by atoms with Crippen LogP contribution in [0.2, 0.25) is 0 Å². The molecule has 1 aliphatic rings. The second-order valence-corrected chi connectivity index (χ2v) is 2.97. The first-order valence-corrected chi connectivity index (χ1v) is 4.02. The Bertz CT molecular complexity index is 333. The maximum absolute atomic E-state index is 11.3. The van der Waals surface area contributed by atoms with Gasteiger partial charge in [0.25, 0.3) is 0 Å². The van der Waals surface area contributed by atoms with Crippen molar-refractivity contribution in [3.8, 4) is 0 Å². The van der Waals surface area contributed by atoms with E-state index in [4.69, 9.17) is 5.73 Å². The first-order chi connectivity index (χ1) is 5.81. The fourth-order valence-electron chi connectivity index (χ4n) is 1.46. The first-order valence-electron chi connectivity index (χ1n) is 4.02. The third kappa shape index (κ3) is 1.02. The molecule has 0 aromatic carbocycles. The molecule has 2 N–H and O–H groups in total. The molecule has 0 radical (unpaired) electrons. The van der Waals surface area contributed by atoms with Crippen LogP contribution in [-0.4, -0.2) is 10.8 Å². The summed E-state index contributed by atoms with van der Waals surface area (Å²) in [5.74, 6) is 0.202. The summed E-state index contributed by atoms with van der Waals surface area (Å²) in [6, 6.07) is 1.86. The van der Waals surface area contributed by atoms with Crippen molar-refractivity contribution >= 4 is 5.78 Å². The second-order valence-electron chi connectivity index (χ2n) is 2.97. The predicted molar refractivity (Wildman–Crippen MR) is 44.8 cm³/mol. The zero-order valence-electron chi connectivity index (χ0n) is 6.71. The van der Waals surface area contributed by atoms with Gasteiger partial charge in [-0.15, -0.1) is 0 Å². The zero-order valence-corrected chi connectivity index (χ0v) is 6.71.